The number of imidazole rings is 1. The molecule has 3 aromatic rings. The van der Waals surface area contributed by atoms with E-state index in [1.165, 1.54) is 12.1 Å². The molecule has 108 valence electrons. The average Bonchev–Trinajstić information content (AvgIpc) is 2.80. The molecular formula is C14H9Br2ClFN3. The fourth-order valence-corrected chi connectivity index (χ4v) is 3.01. The Morgan fingerprint density at radius 1 is 1.29 bits per heavy atom. The molecule has 0 aliphatic carbocycles. The molecule has 0 saturated heterocycles. The minimum Gasteiger partial charge on any atom is -0.278 e. The smallest absolute Gasteiger partial charge is 0.164 e. The van der Waals surface area contributed by atoms with E-state index in [-0.39, 0.29) is 11.2 Å². The second kappa shape index (κ2) is 5.66. The Morgan fingerprint density at radius 2 is 2.05 bits per heavy atom. The third kappa shape index (κ3) is 2.72. The minimum absolute atomic E-state index is 0.333. The van der Waals surface area contributed by atoms with Crippen LogP contribution in [0.5, 0.6) is 0 Å². The standard InChI is InChI=1S/C14H9Br2ClFN3/c1-7(17)13-20-11-4-8(15)6-19-14(11)21(13)12-5-9(18)2-3-10(12)16/h2-7H,1H3. The molecule has 0 N–H and O–H groups in total. The molecule has 1 aromatic carbocycles. The average molecular weight is 434 g/mol. The van der Waals surface area contributed by atoms with Gasteiger partial charge in [-0.1, -0.05) is 0 Å². The van der Waals surface area contributed by atoms with Crippen LogP contribution < -0.4 is 0 Å². The summed E-state index contributed by atoms with van der Waals surface area (Å²) in [7, 11) is 0. The van der Waals surface area contributed by atoms with E-state index in [9.17, 15) is 4.39 Å². The number of nitrogens with zero attached hydrogens (tertiary/aromatic N) is 3. The number of hydrogen-bond acceptors (Lipinski definition) is 2. The Kier molecular flexibility index (Phi) is 4.03. The van der Waals surface area contributed by atoms with Crippen LogP contribution in [-0.4, -0.2) is 14.5 Å². The summed E-state index contributed by atoms with van der Waals surface area (Å²) in [5.41, 5.74) is 1.95. The molecule has 0 spiro atoms. The largest absolute Gasteiger partial charge is 0.278 e. The molecule has 0 fully saturated rings. The van der Waals surface area contributed by atoms with Crippen molar-refractivity contribution in [2.24, 2.45) is 0 Å². The van der Waals surface area contributed by atoms with Gasteiger partial charge in [0.2, 0.25) is 0 Å². The molecular weight excluding hydrogens is 424 g/mol. The molecule has 21 heavy (non-hydrogen) atoms. The highest BCUT2D eigenvalue weighted by Gasteiger charge is 2.19. The van der Waals surface area contributed by atoms with Crippen LogP contribution in [0.4, 0.5) is 4.39 Å². The van der Waals surface area contributed by atoms with E-state index in [4.69, 9.17) is 11.6 Å². The van der Waals surface area contributed by atoms with E-state index in [0.717, 1.165) is 8.95 Å². The number of rotatable bonds is 2. The number of fused-ring (bicyclic) bond motifs is 1. The Labute approximate surface area is 142 Å². The second-order valence-electron chi connectivity index (χ2n) is 4.51. The van der Waals surface area contributed by atoms with Gasteiger partial charge in [0.05, 0.1) is 11.1 Å². The Bertz CT molecular complexity index is 832. The maximum Gasteiger partial charge on any atom is 0.164 e. The van der Waals surface area contributed by atoms with Gasteiger partial charge in [-0.05, 0) is 63.0 Å². The maximum absolute atomic E-state index is 13.6. The van der Waals surface area contributed by atoms with E-state index in [2.05, 4.69) is 41.8 Å². The van der Waals surface area contributed by atoms with E-state index < -0.39 is 0 Å². The zero-order valence-electron chi connectivity index (χ0n) is 10.8. The fourth-order valence-electron chi connectivity index (χ4n) is 2.12. The lowest BCUT2D eigenvalue weighted by molar-refractivity contribution is 0.626. The van der Waals surface area contributed by atoms with Gasteiger partial charge in [0.25, 0.3) is 0 Å². The van der Waals surface area contributed by atoms with Crippen LogP contribution in [0, 0.1) is 5.82 Å². The van der Waals surface area contributed by atoms with Crippen molar-refractivity contribution in [2.75, 3.05) is 0 Å². The van der Waals surface area contributed by atoms with E-state index >= 15 is 0 Å². The molecule has 3 nitrogen and oxygen atoms in total. The Hall–Kier alpha value is -0.980. The van der Waals surface area contributed by atoms with Crippen LogP contribution in [0.25, 0.3) is 16.9 Å². The van der Waals surface area contributed by atoms with Gasteiger partial charge < -0.3 is 0 Å². The lowest BCUT2D eigenvalue weighted by Crippen LogP contribution is -2.04. The molecule has 2 heterocycles. The number of pyridine rings is 1. The van der Waals surface area contributed by atoms with Crippen molar-refractivity contribution in [3.8, 4) is 5.69 Å². The molecule has 2 aromatic heterocycles. The van der Waals surface area contributed by atoms with Crippen LogP contribution in [0.1, 0.15) is 18.1 Å². The molecule has 3 rings (SSSR count). The van der Waals surface area contributed by atoms with Crippen molar-refractivity contribution < 1.29 is 4.39 Å². The van der Waals surface area contributed by atoms with Crippen LogP contribution in [0.2, 0.25) is 0 Å². The van der Waals surface area contributed by atoms with E-state index in [1.54, 1.807) is 16.8 Å². The van der Waals surface area contributed by atoms with Crippen LogP contribution >= 0.6 is 43.5 Å². The topological polar surface area (TPSA) is 30.7 Å². The molecule has 7 heteroatoms. The lowest BCUT2D eigenvalue weighted by atomic mass is 10.3. The van der Waals surface area contributed by atoms with Crippen LogP contribution in [0.3, 0.4) is 0 Å². The summed E-state index contributed by atoms with van der Waals surface area (Å²) in [6.45, 7) is 1.82. The highest BCUT2D eigenvalue weighted by Crippen LogP contribution is 2.31. The SMILES string of the molecule is CC(Cl)c1nc2cc(Br)cnc2n1-c1cc(F)ccc1Br. The van der Waals surface area contributed by atoms with Gasteiger partial charge in [0, 0.05) is 15.1 Å². The van der Waals surface area contributed by atoms with Gasteiger partial charge in [-0.15, -0.1) is 11.6 Å². The first-order chi connectivity index (χ1) is 9.97. The summed E-state index contributed by atoms with van der Waals surface area (Å²) >= 11 is 13.0. The molecule has 0 amide bonds. The zero-order valence-corrected chi connectivity index (χ0v) is 14.7. The van der Waals surface area contributed by atoms with Crippen molar-refractivity contribution in [2.45, 2.75) is 12.3 Å². The van der Waals surface area contributed by atoms with E-state index in [1.807, 2.05) is 13.0 Å². The van der Waals surface area contributed by atoms with E-state index in [0.29, 0.717) is 22.7 Å². The predicted octanol–water partition coefficient (Wildman–Crippen LogP) is 5.38. The summed E-state index contributed by atoms with van der Waals surface area (Å²) in [5.74, 6) is 0.281. The monoisotopic (exact) mass is 431 g/mol. The zero-order chi connectivity index (χ0) is 15.1. The number of aromatic nitrogens is 3. The highest BCUT2D eigenvalue weighted by molar-refractivity contribution is 9.10. The van der Waals surface area contributed by atoms with Crippen molar-refractivity contribution in [1.29, 1.82) is 0 Å². The van der Waals surface area contributed by atoms with Gasteiger partial charge in [-0.3, -0.25) is 4.57 Å². The van der Waals surface area contributed by atoms with Crippen LogP contribution in [0.15, 0.2) is 39.4 Å². The summed E-state index contributed by atoms with van der Waals surface area (Å²) in [5, 5.41) is -0.340. The first kappa shape index (κ1) is 14.9. The summed E-state index contributed by atoms with van der Waals surface area (Å²) in [6.07, 6.45) is 1.68. The first-order valence-electron chi connectivity index (χ1n) is 6.11. The van der Waals surface area contributed by atoms with Gasteiger partial charge >= 0.3 is 0 Å². The third-order valence-electron chi connectivity index (χ3n) is 2.99. The number of halogens is 4. The second-order valence-corrected chi connectivity index (χ2v) is 6.94. The van der Waals surface area contributed by atoms with Crippen molar-refractivity contribution in [3.63, 3.8) is 0 Å². The van der Waals surface area contributed by atoms with Crippen molar-refractivity contribution >= 4 is 54.6 Å². The molecule has 0 saturated carbocycles. The van der Waals surface area contributed by atoms with Gasteiger partial charge in [0.15, 0.2) is 5.65 Å². The highest BCUT2D eigenvalue weighted by atomic mass is 79.9. The van der Waals surface area contributed by atoms with Crippen molar-refractivity contribution in [3.05, 3.63) is 51.0 Å². The quantitative estimate of drug-likeness (QED) is 0.508. The molecule has 0 radical (unpaired) electrons. The van der Waals surface area contributed by atoms with Gasteiger partial charge in [-0.2, -0.15) is 0 Å². The Balaban J connectivity index is 2.39. The summed E-state index contributed by atoms with van der Waals surface area (Å²) in [6, 6.07) is 6.32. The Morgan fingerprint density at radius 3 is 2.76 bits per heavy atom. The number of hydrogen-bond donors (Lipinski definition) is 0. The van der Waals surface area contributed by atoms with Gasteiger partial charge in [-0.25, -0.2) is 14.4 Å². The molecule has 0 aliphatic heterocycles. The number of benzene rings is 1. The first-order valence-corrected chi connectivity index (χ1v) is 8.13. The fraction of sp³-hybridized carbons (Fsp3) is 0.143. The van der Waals surface area contributed by atoms with Gasteiger partial charge in [0.1, 0.15) is 17.2 Å². The maximum atomic E-state index is 13.6. The third-order valence-corrected chi connectivity index (χ3v) is 4.29. The normalized spacial score (nSPS) is 12.8. The summed E-state index contributed by atoms with van der Waals surface area (Å²) < 4.78 is 17.0. The molecule has 1 atom stereocenters. The molecule has 0 aliphatic rings. The minimum atomic E-state index is -0.340. The predicted molar refractivity (Wildman–Crippen MR) is 88.5 cm³/mol. The molecule has 0 bridgehead atoms. The number of alkyl halides is 1. The van der Waals surface area contributed by atoms with Crippen LogP contribution in [-0.2, 0) is 0 Å². The van der Waals surface area contributed by atoms with Crippen molar-refractivity contribution in [1.82, 2.24) is 14.5 Å². The molecule has 1 unspecified atom stereocenters. The summed E-state index contributed by atoms with van der Waals surface area (Å²) in [4.78, 5) is 8.90. The lowest BCUT2D eigenvalue weighted by Gasteiger charge is -2.12.